The Hall–Kier alpha value is -8.72. The molecule has 2 nitrogen and oxygen atoms in total. The molecule has 0 saturated carbocycles. The van der Waals surface area contributed by atoms with Crippen LogP contribution in [0.25, 0.3) is 93.9 Å². The fourth-order valence-corrected chi connectivity index (χ4v) is 9.94. The molecule has 0 radical (unpaired) electrons. The zero-order valence-electron chi connectivity index (χ0n) is 36.3. The minimum absolute atomic E-state index is 1.07. The van der Waals surface area contributed by atoms with Gasteiger partial charge in [0.05, 0.1) is 16.7 Å². The number of nitrogens with zero attached hydrogens (tertiary/aromatic N) is 2. The minimum Gasteiger partial charge on any atom is -0.310 e. The SMILES string of the molecule is c1ccc(-c2ccccc2-c2c(-c3ccccc3)cccc2N(c2ccc(-c3ccc4ccccc4c3)cc2)c2ccc(-c3cccc4c3c3ccccc3n4-c3ccccc3)cc2)cc1. The Kier molecular flexibility index (Phi) is 9.89. The summed E-state index contributed by atoms with van der Waals surface area (Å²) in [5.41, 5.74) is 18.6. The number of anilines is 3. The van der Waals surface area contributed by atoms with Gasteiger partial charge in [0.25, 0.3) is 0 Å². The number of aromatic nitrogens is 1. The highest BCUT2D eigenvalue weighted by Gasteiger charge is 2.23. The second kappa shape index (κ2) is 16.8. The molecule has 1 aromatic heterocycles. The lowest BCUT2D eigenvalue weighted by molar-refractivity contribution is 1.18. The lowest BCUT2D eigenvalue weighted by Gasteiger charge is -2.30. The topological polar surface area (TPSA) is 8.17 Å². The van der Waals surface area contributed by atoms with Crippen molar-refractivity contribution in [2.75, 3.05) is 4.90 Å². The van der Waals surface area contributed by atoms with Crippen LogP contribution in [-0.4, -0.2) is 4.57 Å². The summed E-state index contributed by atoms with van der Waals surface area (Å²) >= 11 is 0. The van der Waals surface area contributed by atoms with Gasteiger partial charge in [-0.1, -0.05) is 206 Å². The Morgan fingerprint density at radius 1 is 0.288 bits per heavy atom. The van der Waals surface area contributed by atoms with E-state index in [1.165, 1.54) is 88.2 Å². The van der Waals surface area contributed by atoms with Crippen LogP contribution in [0.1, 0.15) is 0 Å². The highest BCUT2D eigenvalue weighted by atomic mass is 15.1. The molecule has 0 fully saturated rings. The van der Waals surface area contributed by atoms with E-state index >= 15 is 0 Å². The standard InChI is InChI=1S/C64H44N2/c1-4-19-47(20-5-1)55-26-12-13-27-58(55)63-56(48-21-6-2-7-22-48)29-16-32-61(63)65(53-40-36-46(37-41-53)51-35-34-45-18-10-11-23-50(45)44-51)54-42-38-49(39-43-54)57-30-17-33-62-64(57)59-28-14-15-31-60(59)66(62)52-24-8-3-9-25-52/h1-44H. The molecule has 0 bridgehead atoms. The van der Waals surface area contributed by atoms with E-state index < -0.39 is 0 Å². The average Bonchev–Trinajstić information content (AvgIpc) is 3.74. The summed E-state index contributed by atoms with van der Waals surface area (Å²) in [7, 11) is 0. The molecule has 0 amide bonds. The second-order valence-electron chi connectivity index (χ2n) is 16.9. The van der Waals surface area contributed by atoms with Crippen LogP contribution < -0.4 is 4.90 Å². The summed E-state index contributed by atoms with van der Waals surface area (Å²) in [6, 6.07) is 96.9. The van der Waals surface area contributed by atoms with Crippen molar-refractivity contribution in [3.05, 3.63) is 267 Å². The zero-order valence-corrected chi connectivity index (χ0v) is 36.3. The molecular weight excluding hydrogens is 797 g/mol. The summed E-state index contributed by atoms with van der Waals surface area (Å²) < 4.78 is 2.39. The molecule has 310 valence electrons. The Balaban J connectivity index is 1.06. The molecule has 0 aliphatic rings. The van der Waals surface area contributed by atoms with Gasteiger partial charge in [-0.25, -0.2) is 0 Å². The Morgan fingerprint density at radius 2 is 0.788 bits per heavy atom. The summed E-state index contributed by atoms with van der Waals surface area (Å²) in [5, 5.41) is 4.97. The van der Waals surface area contributed by atoms with E-state index in [4.69, 9.17) is 0 Å². The van der Waals surface area contributed by atoms with Crippen molar-refractivity contribution in [3.8, 4) is 61.3 Å². The van der Waals surface area contributed by atoms with E-state index in [2.05, 4.69) is 276 Å². The van der Waals surface area contributed by atoms with Gasteiger partial charge in [0.2, 0.25) is 0 Å². The molecule has 0 aliphatic carbocycles. The molecule has 0 spiro atoms. The molecule has 12 aromatic rings. The lowest BCUT2D eigenvalue weighted by atomic mass is 9.87. The van der Waals surface area contributed by atoms with Crippen LogP contribution in [0, 0.1) is 0 Å². The Morgan fingerprint density at radius 3 is 1.52 bits per heavy atom. The predicted molar refractivity (Wildman–Crippen MR) is 280 cm³/mol. The van der Waals surface area contributed by atoms with Gasteiger partial charge < -0.3 is 9.47 Å². The molecule has 0 saturated heterocycles. The summed E-state index contributed by atoms with van der Waals surface area (Å²) in [5.74, 6) is 0. The van der Waals surface area contributed by atoms with E-state index in [0.29, 0.717) is 0 Å². The number of fused-ring (bicyclic) bond motifs is 4. The molecule has 0 aliphatic heterocycles. The highest BCUT2D eigenvalue weighted by Crippen LogP contribution is 2.49. The zero-order chi connectivity index (χ0) is 43.8. The summed E-state index contributed by atoms with van der Waals surface area (Å²) in [6.07, 6.45) is 0. The van der Waals surface area contributed by atoms with Gasteiger partial charge in [-0.15, -0.1) is 0 Å². The quantitative estimate of drug-likeness (QED) is 0.141. The molecule has 0 N–H and O–H groups in total. The molecule has 0 unspecified atom stereocenters. The first-order chi connectivity index (χ1) is 32.8. The monoisotopic (exact) mass is 840 g/mol. The fourth-order valence-electron chi connectivity index (χ4n) is 9.94. The number of benzene rings is 11. The molecule has 12 rings (SSSR count). The largest absolute Gasteiger partial charge is 0.310 e. The number of rotatable bonds is 9. The fraction of sp³-hybridized carbons (Fsp3) is 0. The van der Waals surface area contributed by atoms with Crippen LogP contribution in [0.3, 0.4) is 0 Å². The molecule has 66 heavy (non-hydrogen) atoms. The number of hydrogen-bond acceptors (Lipinski definition) is 1. The van der Waals surface area contributed by atoms with Gasteiger partial charge in [-0.2, -0.15) is 0 Å². The van der Waals surface area contributed by atoms with E-state index in [1.807, 2.05) is 0 Å². The third-order valence-corrected chi connectivity index (χ3v) is 13.0. The predicted octanol–water partition coefficient (Wildman–Crippen LogP) is 17.7. The van der Waals surface area contributed by atoms with Crippen molar-refractivity contribution < 1.29 is 0 Å². The molecule has 11 aromatic carbocycles. The van der Waals surface area contributed by atoms with Gasteiger partial charge in [0, 0.05) is 33.4 Å². The first-order valence-corrected chi connectivity index (χ1v) is 22.7. The van der Waals surface area contributed by atoms with Crippen LogP contribution in [0.2, 0.25) is 0 Å². The van der Waals surface area contributed by atoms with Crippen molar-refractivity contribution in [2.45, 2.75) is 0 Å². The Bertz CT molecular complexity index is 3660. The van der Waals surface area contributed by atoms with E-state index in [1.54, 1.807) is 0 Å². The van der Waals surface area contributed by atoms with Gasteiger partial charge in [0.1, 0.15) is 0 Å². The van der Waals surface area contributed by atoms with Gasteiger partial charge in [-0.3, -0.25) is 0 Å². The maximum atomic E-state index is 2.44. The average molecular weight is 841 g/mol. The third kappa shape index (κ3) is 6.93. The van der Waals surface area contributed by atoms with Crippen molar-refractivity contribution in [1.29, 1.82) is 0 Å². The van der Waals surface area contributed by atoms with Crippen molar-refractivity contribution in [2.24, 2.45) is 0 Å². The molecule has 0 atom stereocenters. The molecule has 1 heterocycles. The smallest absolute Gasteiger partial charge is 0.0547 e. The maximum absolute atomic E-state index is 2.44. The minimum atomic E-state index is 1.07. The van der Waals surface area contributed by atoms with Crippen LogP contribution in [0.5, 0.6) is 0 Å². The van der Waals surface area contributed by atoms with Crippen LogP contribution >= 0.6 is 0 Å². The highest BCUT2D eigenvalue weighted by molar-refractivity contribution is 6.16. The summed E-state index contributed by atoms with van der Waals surface area (Å²) in [4.78, 5) is 2.44. The van der Waals surface area contributed by atoms with Crippen LogP contribution in [-0.2, 0) is 0 Å². The van der Waals surface area contributed by atoms with Gasteiger partial charge in [0.15, 0.2) is 0 Å². The first kappa shape index (κ1) is 38.9. The second-order valence-corrected chi connectivity index (χ2v) is 16.9. The van der Waals surface area contributed by atoms with Crippen molar-refractivity contribution in [1.82, 2.24) is 4.57 Å². The number of para-hydroxylation sites is 2. The first-order valence-electron chi connectivity index (χ1n) is 22.7. The number of hydrogen-bond donors (Lipinski definition) is 0. The molecular formula is C64H44N2. The van der Waals surface area contributed by atoms with Gasteiger partial charge in [-0.05, 0) is 122 Å². The van der Waals surface area contributed by atoms with Crippen LogP contribution in [0.4, 0.5) is 17.1 Å². The normalized spacial score (nSPS) is 11.3. The molecule has 2 heteroatoms. The Labute approximate surface area is 385 Å². The van der Waals surface area contributed by atoms with E-state index in [0.717, 1.165) is 22.7 Å². The van der Waals surface area contributed by atoms with E-state index in [-0.39, 0.29) is 0 Å². The third-order valence-electron chi connectivity index (χ3n) is 13.0. The van der Waals surface area contributed by atoms with Crippen LogP contribution in [0.15, 0.2) is 267 Å². The maximum Gasteiger partial charge on any atom is 0.0547 e. The van der Waals surface area contributed by atoms with Crippen molar-refractivity contribution in [3.63, 3.8) is 0 Å². The van der Waals surface area contributed by atoms with E-state index in [9.17, 15) is 0 Å². The van der Waals surface area contributed by atoms with Gasteiger partial charge >= 0.3 is 0 Å². The lowest BCUT2D eigenvalue weighted by Crippen LogP contribution is -2.12. The van der Waals surface area contributed by atoms with Crippen molar-refractivity contribution >= 4 is 49.6 Å². The summed E-state index contributed by atoms with van der Waals surface area (Å²) in [6.45, 7) is 0.